The van der Waals surface area contributed by atoms with E-state index in [9.17, 15) is 9.59 Å². The summed E-state index contributed by atoms with van der Waals surface area (Å²) >= 11 is 0. The number of ketones is 1. The number of hydrogen-bond acceptors (Lipinski definition) is 6. The first-order valence-electron chi connectivity index (χ1n) is 9.55. The molecule has 4 rings (SSSR count). The maximum absolute atomic E-state index is 13.0. The summed E-state index contributed by atoms with van der Waals surface area (Å²) in [5, 5.41) is 0. The molecule has 150 valence electrons. The second-order valence-corrected chi connectivity index (χ2v) is 7.54. The number of ether oxygens (including phenoxy) is 3. The van der Waals surface area contributed by atoms with E-state index in [2.05, 4.69) is 18.7 Å². The van der Waals surface area contributed by atoms with Gasteiger partial charge in [-0.1, -0.05) is 12.1 Å². The highest BCUT2D eigenvalue weighted by Gasteiger charge is 2.35. The van der Waals surface area contributed by atoms with Gasteiger partial charge in [0.25, 0.3) is 0 Å². The summed E-state index contributed by atoms with van der Waals surface area (Å²) in [5.41, 5.74) is 3.55. The number of benzene rings is 2. The van der Waals surface area contributed by atoms with E-state index < -0.39 is 5.97 Å². The Hall–Kier alpha value is -3.12. The number of allylic oxidation sites excluding steroid dienone is 1. The fourth-order valence-electron chi connectivity index (χ4n) is 3.56. The van der Waals surface area contributed by atoms with Crippen LogP contribution < -0.4 is 9.47 Å². The summed E-state index contributed by atoms with van der Waals surface area (Å²) in [4.78, 5) is 26.8. The molecule has 0 amide bonds. The molecule has 6 nitrogen and oxygen atoms in total. The lowest BCUT2D eigenvalue weighted by Crippen LogP contribution is -2.37. The molecule has 0 fully saturated rings. The molecule has 0 bridgehead atoms. The van der Waals surface area contributed by atoms with Gasteiger partial charge in [0.05, 0.1) is 23.8 Å². The van der Waals surface area contributed by atoms with Gasteiger partial charge in [-0.15, -0.1) is 0 Å². The molecule has 0 radical (unpaired) electrons. The summed E-state index contributed by atoms with van der Waals surface area (Å²) in [7, 11) is 1.34. The standard InChI is InChI=1S/C23H23NO5/c1-13(2)24-11-17-18(28-12-24)9-14(3)20-21(25)19(29-22(17)20)10-15-5-7-16(8-6-15)23(26)27-4/h5-10,13H,11-12H2,1-4H3/b19-10-. The van der Waals surface area contributed by atoms with Crippen LogP contribution in [0.25, 0.3) is 6.08 Å². The molecule has 0 aromatic heterocycles. The molecule has 2 aromatic rings. The van der Waals surface area contributed by atoms with E-state index in [1.165, 1.54) is 7.11 Å². The number of hydrogen-bond donors (Lipinski definition) is 0. The van der Waals surface area contributed by atoms with Crippen molar-refractivity contribution in [2.24, 2.45) is 0 Å². The molecular weight excluding hydrogens is 370 g/mol. The van der Waals surface area contributed by atoms with Gasteiger partial charge in [0.15, 0.2) is 5.76 Å². The molecule has 0 atom stereocenters. The maximum atomic E-state index is 13.0. The van der Waals surface area contributed by atoms with Crippen molar-refractivity contribution >= 4 is 17.8 Å². The number of carbonyl (C=O) groups is 2. The highest BCUT2D eigenvalue weighted by molar-refractivity contribution is 6.16. The van der Waals surface area contributed by atoms with Crippen molar-refractivity contribution in [1.29, 1.82) is 0 Å². The van der Waals surface area contributed by atoms with E-state index in [0.717, 1.165) is 22.4 Å². The Kier molecular flexibility index (Phi) is 4.88. The van der Waals surface area contributed by atoms with Crippen molar-refractivity contribution in [2.75, 3.05) is 13.8 Å². The van der Waals surface area contributed by atoms with E-state index in [-0.39, 0.29) is 11.5 Å². The van der Waals surface area contributed by atoms with Gasteiger partial charge in [-0.2, -0.15) is 0 Å². The van der Waals surface area contributed by atoms with Gasteiger partial charge in [0, 0.05) is 12.6 Å². The van der Waals surface area contributed by atoms with Gasteiger partial charge in [-0.05, 0) is 56.2 Å². The molecule has 2 heterocycles. The molecule has 6 heteroatoms. The van der Waals surface area contributed by atoms with Gasteiger partial charge in [-0.25, -0.2) is 4.79 Å². The third kappa shape index (κ3) is 3.40. The maximum Gasteiger partial charge on any atom is 0.337 e. The minimum Gasteiger partial charge on any atom is -0.478 e. The van der Waals surface area contributed by atoms with Crippen LogP contribution in [0.4, 0.5) is 0 Å². The fraction of sp³-hybridized carbons (Fsp3) is 0.304. The fourth-order valence-corrected chi connectivity index (χ4v) is 3.56. The minimum absolute atomic E-state index is 0.140. The van der Waals surface area contributed by atoms with Gasteiger partial charge in [0.1, 0.15) is 18.2 Å². The molecule has 0 spiro atoms. The molecular formula is C23H23NO5. The van der Waals surface area contributed by atoms with Crippen LogP contribution in [-0.4, -0.2) is 36.5 Å². The largest absolute Gasteiger partial charge is 0.478 e. The first-order valence-corrected chi connectivity index (χ1v) is 9.55. The molecule has 0 saturated heterocycles. The number of aryl methyl sites for hydroxylation is 1. The lowest BCUT2D eigenvalue weighted by Gasteiger charge is -2.32. The molecule has 29 heavy (non-hydrogen) atoms. The normalized spacial score (nSPS) is 17.0. The lowest BCUT2D eigenvalue weighted by atomic mass is 9.98. The quantitative estimate of drug-likeness (QED) is 0.581. The lowest BCUT2D eigenvalue weighted by molar-refractivity contribution is 0.0600. The number of fused-ring (bicyclic) bond motifs is 3. The Morgan fingerprint density at radius 2 is 1.97 bits per heavy atom. The van der Waals surface area contributed by atoms with Crippen LogP contribution >= 0.6 is 0 Å². The van der Waals surface area contributed by atoms with Crippen LogP contribution in [-0.2, 0) is 11.3 Å². The summed E-state index contributed by atoms with van der Waals surface area (Å²) < 4.78 is 16.7. The molecule has 0 unspecified atom stereocenters. The van der Waals surface area contributed by atoms with Gasteiger partial charge in [0.2, 0.25) is 5.78 Å². The molecule has 0 aliphatic carbocycles. The smallest absolute Gasteiger partial charge is 0.337 e. The zero-order chi connectivity index (χ0) is 20.7. The predicted molar refractivity (Wildman–Crippen MR) is 108 cm³/mol. The van der Waals surface area contributed by atoms with Gasteiger partial charge < -0.3 is 14.2 Å². The number of esters is 1. The number of Topliss-reactive ketones (excluding diaryl/α,β-unsaturated/α-hetero) is 1. The van der Waals surface area contributed by atoms with Crippen LogP contribution in [0.15, 0.2) is 36.1 Å². The van der Waals surface area contributed by atoms with E-state index in [0.29, 0.717) is 36.2 Å². The van der Waals surface area contributed by atoms with E-state index in [4.69, 9.17) is 14.2 Å². The highest BCUT2D eigenvalue weighted by atomic mass is 16.5. The van der Waals surface area contributed by atoms with Crippen molar-refractivity contribution in [3.8, 4) is 11.5 Å². The average molecular weight is 393 g/mol. The van der Waals surface area contributed by atoms with Crippen LogP contribution in [0, 0.1) is 6.92 Å². The number of nitrogens with zero attached hydrogens (tertiary/aromatic N) is 1. The molecule has 0 N–H and O–H groups in total. The first-order chi connectivity index (χ1) is 13.9. The third-order valence-corrected chi connectivity index (χ3v) is 5.31. The SMILES string of the molecule is COC(=O)c1ccc(/C=C2\Oc3c4c(cc(C)c3C2=O)OCN(C(C)C)C4)cc1. The van der Waals surface area contributed by atoms with Gasteiger partial charge >= 0.3 is 5.97 Å². The van der Waals surface area contributed by atoms with E-state index in [1.54, 1.807) is 30.3 Å². The van der Waals surface area contributed by atoms with E-state index in [1.807, 2.05) is 13.0 Å². The summed E-state index contributed by atoms with van der Waals surface area (Å²) in [6, 6.07) is 9.07. The van der Waals surface area contributed by atoms with Crippen molar-refractivity contribution in [3.05, 3.63) is 63.9 Å². The van der Waals surface area contributed by atoms with Gasteiger partial charge in [-0.3, -0.25) is 9.69 Å². The van der Waals surface area contributed by atoms with Crippen molar-refractivity contribution in [2.45, 2.75) is 33.4 Å². The Labute approximate surface area is 169 Å². The average Bonchev–Trinajstić information content (AvgIpc) is 3.04. The van der Waals surface area contributed by atoms with Crippen molar-refractivity contribution < 1.29 is 23.8 Å². The van der Waals surface area contributed by atoms with E-state index >= 15 is 0 Å². The Morgan fingerprint density at radius 1 is 1.24 bits per heavy atom. The van der Waals surface area contributed by atoms with Crippen LogP contribution in [0.3, 0.4) is 0 Å². The van der Waals surface area contributed by atoms with Crippen molar-refractivity contribution in [1.82, 2.24) is 4.90 Å². The Bertz CT molecular complexity index is 1020. The number of rotatable bonds is 3. The number of carbonyl (C=O) groups excluding carboxylic acids is 2. The summed E-state index contributed by atoms with van der Waals surface area (Å²) in [5.74, 6) is 1.09. The minimum atomic E-state index is -0.401. The van der Waals surface area contributed by atoms with Crippen molar-refractivity contribution in [3.63, 3.8) is 0 Å². The summed E-state index contributed by atoms with van der Waals surface area (Å²) in [6.07, 6.45) is 1.69. The summed E-state index contributed by atoms with van der Waals surface area (Å²) in [6.45, 7) is 7.30. The Morgan fingerprint density at radius 3 is 2.62 bits per heavy atom. The second-order valence-electron chi connectivity index (χ2n) is 7.54. The van der Waals surface area contributed by atoms with Crippen LogP contribution in [0.2, 0.25) is 0 Å². The predicted octanol–water partition coefficient (Wildman–Crippen LogP) is 3.96. The molecule has 0 saturated carbocycles. The third-order valence-electron chi connectivity index (χ3n) is 5.31. The second kappa shape index (κ2) is 7.37. The monoisotopic (exact) mass is 393 g/mol. The molecule has 2 aliphatic rings. The molecule has 2 aliphatic heterocycles. The van der Waals surface area contributed by atoms with Crippen LogP contribution in [0.1, 0.15) is 51.3 Å². The zero-order valence-electron chi connectivity index (χ0n) is 16.9. The molecule has 2 aromatic carbocycles. The first kappa shape index (κ1) is 19.2. The number of methoxy groups -OCH3 is 1. The topological polar surface area (TPSA) is 65.1 Å². The Balaban J connectivity index is 1.68. The highest BCUT2D eigenvalue weighted by Crippen LogP contribution is 2.44. The van der Waals surface area contributed by atoms with Crippen LogP contribution in [0.5, 0.6) is 11.5 Å². The zero-order valence-corrected chi connectivity index (χ0v) is 16.9.